The molecule has 0 fully saturated rings. The number of fused-ring (bicyclic) bond motifs is 1. The van der Waals surface area contributed by atoms with Crippen LogP contribution in [0.1, 0.15) is 18.8 Å². The minimum absolute atomic E-state index is 0.0805. The van der Waals surface area contributed by atoms with Gasteiger partial charge < -0.3 is 15.0 Å². The molecule has 4 heteroatoms. The highest BCUT2D eigenvalue weighted by Crippen LogP contribution is 2.23. The molecule has 0 radical (unpaired) electrons. The van der Waals surface area contributed by atoms with E-state index in [1.807, 2.05) is 37.4 Å². The third-order valence-electron chi connectivity index (χ3n) is 3.46. The van der Waals surface area contributed by atoms with E-state index in [0.717, 1.165) is 22.5 Å². The average molecular weight is 267 g/mol. The maximum absolute atomic E-state index is 9.30. The minimum Gasteiger partial charge on any atom is -0.508 e. The number of phenolic OH excluding ortho intramolecular Hbond substituents is 1. The van der Waals surface area contributed by atoms with E-state index < -0.39 is 0 Å². The van der Waals surface area contributed by atoms with E-state index >= 15 is 0 Å². The molecule has 1 aromatic heterocycles. The Morgan fingerprint density at radius 1 is 1.10 bits per heavy atom. The van der Waals surface area contributed by atoms with Crippen LogP contribution in [-0.4, -0.2) is 14.7 Å². The van der Waals surface area contributed by atoms with Crippen molar-refractivity contribution in [1.82, 2.24) is 9.55 Å². The summed E-state index contributed by atoms with van der Waals surface area (Å²) in [5, 5.41) is 12.7. The first-order chi connectivity index (χ1) is 9.65. The SMILES string of the molecule is CC(Nc1ccc(O)cc1)c1nc2ccccc2n1C. The molecule has 1 atom stereocenters. The average Bonchev–Trinajstić information content (AvgIpc) is 2.79. The van der Waals surface area contributed by atoms with E-state index in [2.05, 4.69) is 27.9 Å². The van der Waals surface area contributed by atoms with Crippen LogP contribution in [0, 0.1) is 0 Å². The highest BCUT2D eigenvalue weighted by atomic mass is 16.3. The third-order valence-corrected chi connectivity index (χ3v) is 3.46. The van der Waals surface area contributed by atoms with Crippen LogP contribution < -0.4 is 5.32 Å². The molecule has 3 aromatic rings. The molecular formula is C16H17N3O. The van der Waals surface area contributed by atoms with Gasteiger partial charge in [-0.25, -0.2) is 4.98 Å². The number of phenols is 1. The van der Waals surface area contributed by atoms with Crippen LogP contribution >= 0.6 is 0 Å². The van der Waals surface area contributed by atoms with E-state index in [-0.39, 0.29) is 11.8 Å². The molecule has 0 aliphatic carbocycles. The molecule has 102 valence electrons. The molecule has 2 N–H and O–H groups in total. The van der Waals surface area contributed by atoms with Gasteiger partial charge in [-0.2, -0.15) is 0 Å². The molecule has 4 nitrogen and oxygen atoms in total. The molecule has 0 aliphatic rings. The van der Waals surface area contributed by atoms with Crippen LogP contribution in [0.3, 0.4) is 0 Å². The first-order valence-electron chi connectivity index (χ1n) is 6.62. The van der Waals surface area contributed by atoms with Gasteiger partial charge in [0.1, 0.15) is 11.6 Å². The van der Waals surface area contributed by atoms with Gasteiger partial charge in [-0.05, 0) is 43.3 Å². The van der Waals surface area contributed by atoms with Crippen molar-refractivity contribution in [2.24, 2.45) is 7.05 Å². The molecule has 2 aromatic carbocycles. The summed E-state index contributed by atoms with van der Waals surface area (Å²) in [5.41, 5.74) is 3.09. The second-order valence-corrected chi connectivity index (χ2v) is 4.93. The normalized spacial score (nSPS) is 12.5. The molecular weight excluding hydrogens is 250 g/mol. The fourth-order valence-electron chi connectivity index (χ4n) is 2.42. The predicted molar refractivity (Wildman–Crippen MR) is 80.9 cm³/mol. The van der Waals surface area contributed by atoms with Gasteiger partial charge in [0.25, 0.3) is 0 Å². The van der Waals surface area contributed by atoms with E-state index in [9.17, 15) is 5.11 Å². The lowest BCUT2D eigenvalue weighted by Gasteiger charge is -2.15. The number of para-hydroxylation sites is 2. The van der Waals surface area contributed by atoms with Crippen LogP contribution in [0.4, 0.5) is 5.69 Å². The van der Waals surface area contributed by atoms with Gasteiger partial charge in [-0.15, -0.1) is 0 Å². The Balaban J connectivity index is 1.90. The second kappa shape index (κ2) is 4.89. The Morgan fingerprint density at radius 3 is 2.50 bits per heavy atom. The number of aryl methyl sites for hydroxylation is 1. The lowest BCUT2D eigenvalue weighted by molar-refractivity contribution is 0.475. The van der Waals surface area contributed by atoms with Crippen molar-refractivity contribution in [3.8, 4) is 5.75 Å². The molecule has 0 saturated carbocycles. The number of hydrogen-bond acceptors (Lipinski definition) is 3. The van der Waals surface area contributed by atoms with E-state index in [1.54, 1.807) is 12.1 Å². The van der Waals surface area contributed by atoms with Crippen molar-refractivity contribution in [3.63, 3.8) is 0 Å². The zero-order valence-electron chi connectivity index (χ0n) is 11.5. The van der Waals surface area contributed by atoms with Crippen molar-refractivity contribution in [2.45, 2.75) is 13.0 Å². The van der Waals surface area contributed by atoms with Crippen molar-refractivity contribution in [1.29, 1.82) is 0 Å². The number of benzene rings is 2. The number of imidazole rings is 1. The summed E-state index contributed by atoms with van der Waals surface area (Å²) in [6, 6.07) is 15.2. The number of nitrogens with zero attached hydrogens (tertiary/aromatic N) is 2. The van der Waals surface area contributed by atoms with Gasteiger partial charge in [0.2, 0.25) is 0 Å². The summed E-state index contributed by atoms with van der Waals surface area (Å²) in [6.45, 7) is 2.08. The maximum atomic E-state index is 9.30. The lowest BCUT2D eigenvalue weighted by Crippen LogP contribution is -2.11. The molecule has 1 heterocycles. The van der Waals surface area contributed by atoms with Gasteiger partial charge in [-0.3, -0.25) is 0 Å². The van der Waals surface area contributed by atoms with Crippen LogP contribution in [0.2, 0.25) is 0 Å². The molecule has 0 spiro atoms. The minimum atomic E-state index is 0.0805. The Morgan fingerprint density at radius 2 is 1.80 bits per heavy atom. The van der Waals surface area contributed by atoms with E-state index in [0.29, 0.717) is 0 Å². The van der Waals surface area contributed by atoms with E-state index in [4.69, 9.17) is 0 Å². The van der Waals surface area contributed by atoms with Gasteiger partial charge >= 0.3 is 0 Å². The van der Waals surface area contributed by atoms with Crippen LogP contribution in [0.15, 0.2) is 48.5 Å². The van der Waals surface area contributed by atoms with Gasteiger partial charge in [0.05, 0.1) is 17.1 Å². The predicted octanol–water partition coefficient (Wildman–Crippen LogP) is 3.45. The summed E-state index contributed by atoms with van der Waals surface area (Å²) >= 11 is 0. The van der Waals surface area contributed by atoms with Crippen LogP contribution in [-0.2, 0) is 7.05 Å². The summed E-state index contributed by atoms with van der Waals surface area (Å²) in [4.78, 5) is 4.68. The van der Waals surface area contributed by atoms with Crippen molar-refractivity contribution >= 4 is 16.7 Å². The van der Waals surface area contributed by atoms with Gasteiger partial charge in [0, 0.05) is 12.7 Å². The summed E-state index contributed by atoms with van der Waals surface area (Å²) in [5.74, 6) is 1.25. The Bertz CT molecular complexity index is 731. The number of rotatable bonds is 3. The fraction of sp³-hybridized carbons (Fsp3) is 0.188. The van der Waals surface area contributed by atoms with E-state index in [1.165, 1.54) is 0 Å². The first kappa shape index (κ1) is 12.5. The van der Waals surface area contributed by atoms with Gasteiger partial charge in [0.15, 0.2) is 0 Å². The zero-order valence-corrected chi connectivity index (χ0v) is 11.5. The molecule has 0 bridgehead atoms. The van der Waals surface area contributed by atoms with Crippen molar-refractivity contribution < 1.29 is 5.11 Å². The summed E-state index contributed by atoms with van der Waals surface area (Å²) in [6.07, 6.45) is 0. The second-order valence-electron chi connectivity index (χ2n) is 4.93. The monoisotopic (exact) mass is 267 g/mol. The highest BCUT2D eigenvalue weighted by Gasteiger charge is 2.13. The lowest BCUT2D eigenvalue weighted by atomic mass is 10.2. The Hall–Kier alpha value is -2.49. The molecule has 0 amide bonds. The topological polar surface area (TPSA) is 50.1 Å². The molecule has 0 aliphatic heterocycles. The highest BCUT2D eigenvalue weighted by molar-refractivity contribution is 5.76. The standard InChI is InChI=1S/C16H17N3O/c1-11(17-12-7-9-13(20)10-8-12)16-18-14-5-3-4-6-15(14)19(16)2/h3-11,17,20H,1-2H3. The maximum Gasteiger partial charge on any atom is 0.131 e. The fourth-order valence-corrected chi connectivity index (χ4v) is 2.42. The molecule has 1 unspecified atom stereocenters. The zero-order chi connectivity index (χ0) is 14.1. The molecule has 0 saturated heterocycles. The smallest absolute Gasteiger partial charge is 0.131 e. The number of anilines is 1. The largest absolute Gasteiger partial charge is 0.508 e. The number of hydrogen-bond donors (Lipinski definition) is 2. The number of nitrogens with one attached hydrogen (secondary N) is 1. The quantitative estimate of drug-likeness (QED) is 0.715. The summed E-state index contributed by atoms with van der Waals surface area (Å²) < 4.78 is 2.10. The third kappa shape index (κ3) is 2.20. The molecule has 3 rings (SSSR count). The number of aromatic nitrogens is 2. The Kier molecular flexibility index (Phi) is 3.06. The summed E-state index contributed by atoms with van der Waals surface area (Å²) in [7, 11) is 2.03. The Labute approximate surface area is 117 Å². The molecule has 20 heavy (non-hydrogen) atoms. The van der Waals surface area contributed by atoms with Crippen LogP contribution in [0.5, 0.6) is 5.75 Å². The van der Waals surface area contributed by atoms with Crippen LogP contribution in [0.25, 0.3) is 11.0 Å². The first-order valence-corrected chi connectivity index (χ1v) is 6.62. The van der Waals surface area contributed by atoms with Crippen molar-refractivity contribution in [2.75, 3.05) is 5.32 Å². The number of aromatic hydroxyl groups is 1. The van der Waals surface area contributed by atoms with Crippen molar-refractivity contribution in [3.05, 3.63) is 54.4 Å². The van der Waals surface area contributed by atoms with Gasteiger partial charge in [-0.1, -0.05) is 12.1 Å².